The first-order valence-electron chi connectivity index (χ1n) is 8.69. The molecule has 2 N–H and O–H groups in total. The van der Waals surface area contributed by atoms with Gasteiger partial charge in [-0.3, -0.25) is 4.79 Å². The fraction of sp³-hybridized carbons (Fsp3) is 0.611. The van der Waals surface area contributed by atoms with E-state index in [0.29, 0.717) is 34.6 Å². The number of ether oxygens (including phenoxy) is 2. The summed E-state index contributed by atoms with van der Waals surface area (Å²) in [6.07, 6.45) is 3.85. The lowest BCUT2D eigenvalue weighted by Gasteiger charge is -2.11. The van der Waals surface area contributed by atoms with Crippen LogP contribution in [-0.4, -0.2) is 37.8 Å². The summed E-state index contributed by atoms with van der Waals surface area (Å²) in [6, 6.07) is 0. The highest BCUT2D eigenvalue weighted by Gasteiger charge is 2.21. The van der Waals surface area contributed by atoms with Gasteiger partial charge in [0, 0.05) is 13.0 Å². The van der Waals surface area contributed by atoms with E-state index in [1.165, 1.54) is 25.6 Å². The summed E-state index contributed by atoms with van der Waals surface area (Å²) in [5, 5.41) is 9.38. The Bertz CT molecular complexity index is 614. The molecule has 8 heteroatoms. The topological polar surface area (TPSA) is 76.7 Å². The van der Waals surface area contributed by atoms with Crippen molar-refractivity contribution >= 4 is 45.6 Å². The average Bonchev–Trinajstić information content (AvgIpc) is 2.98. The predicted molar refractivity (Wildman–Crippen MR) is 109 cm³/mol. The first-order chi connectivity index (χ1) is 12.4. The van der Waals surface area contributed by atoms with E-state index in [9.17, 15) is 9.59 Å². The van der Waals surface area contributed by atoms with E-state index >= 15 is 0 Å². The van der Waals surface area contributed by atoms with Crippen LogP contribution in [-0.2, 0) is 20.7 Å². The molecule has 0 amide bonds. The molecule has 0 aliphatic heterocycles. The maximum Gasteiger partial charge on any atom is 0.341 e. The van der Waals surface area contributed by atoms with E-state index in [1.54, 1.807) is 0 Å². The highest BCUT2D eigenvalue weighted by molar-refractivity contribution is 7.80. The van der Waals surface area contributed by atoms with Crippen molar-refractivity contribution in [1.29, 1.82) is 0 Å². The average molecular weight is 401 g/mol. The van der Waals surface area contributed by atoms with Gasteiger partial charge in [-0.2, -0.15) is 0 Å². The van der Waals surface area contributed by atoms with Gasteiger partial charge in [0.1, 0.15) is 5.00 Å². The number of methoxy groups -OCH3 is 2. The lowest BCUT2D eigenvalue weighted by molar-refractivity contribution is -0.140. The number of unbranched alkanes of at least 4 members (excludes halogenated alkanes) is 2. The van der Waals surface area contributed by atoms with Gasteiger partial charge in [0.05, 0.1) is 19.8 Å². The smallest absolute Gasteiger partial charge is 0.341 e. The second-order valence-electron chi connectivity index (χ2n) is 6.32. The number of carbonyl (C=O) groups excluding carboxylic acids is 2. The molecular formula is C18H28N2O4S2. The van der Waals surface area contributed by atoms with Crippen LogP contribution in [0.2, 0.25) is 0 Å². The Morgan fingerprint density at radius 1 is 1.19 bits per heavy atom. The molecule has 0 spiro atoms. The molecule has 6 nitrogen and oxygen atoms in total. The summed E-state index contributed by atoms with van der Waals surface area (Å²) in [4.78, 5) is 23.2. The van der Waals surface area contributed by atoms with Crippen molar-refractivity contribution in [3.8, 4) is 0 Å². The Morgan fingerprint density at radius 2 is 1.92 bits per heavy atom. The van der Waals surface area contributed by atoms with Crippen LogP contribution in [0.1, 0.15) is 55.5 Å². The summed E-state index contributed by atoms with van der Waals surface area (Å²) >= 11 is 6.76. The summed E-state index contributed by atoms with van der Waals surface area (Å²) in [6.45, 7) is 4.92. The quantitative estimate of drug-likeness (QED) is 0.352. The molecule has 1 aromatic heterocycles. The summed E-state index contributed by atoms with van der Waals surface area (Å²) < 4.78 is 9.52. The first-order valence-corrected chi connectivity index (χ1v) is 9.98. The fourth-order valence-corrected chi connectivity index (χ4v) is 3.66. The van der Waals surface area contributed by atoms with Crippen molar-refractivity contribution in [3.63, 3.8) is 0 Å². The molecule has 0 radical (unpaired) electrons. The van der Waals surface area contributed by atoms with E-state index in [2.05, 4.69) is 29.2 Å². The van der Waals surface area contributed by atoms with Crippen LogP contribution in [0.3, 0.4) is 0 Å². The summed E-state index contributed by atoms with van der Waals surface area (Å²) in [5.41, 5.74) is 1.54. The largest absolute Gasteiger partial charge is 0.469 e. The van der Waals surface area contributed by atoms with E-state index in [4.69, 9.17) is 17.0 Å². The van der Waals surface area contributed by atoms with Crippen LogP contribution in [0.4, 0.5) is 5.00 Å². The lowest BCUT2D eigenvalue weighted by Crippen LogP contribution is -2.29. The Balaban J connectivity index is 2.49. The van der Waals surface area contributed by atoms with Crippen LogP contribution in [0.5, 0.6) is 0 Å². The second kappa shape index (κ2) is 11.9. The van der Waals surface area contributed by atoms with E-state index < -0.39 is 0 Å². The van der Waals surface area contributed by atoms with Crippen LogP contribution in [0.15, 0.2) is 5.38 Å². The van der Waals surface area contributed by atoms with Gasteiger partial charge in [0.25, 0.3) is 0 Å². The van der Waals surface area contributed by atoms with Gasteiger partial charge in [-0.1, -0.05) is 20.3 Å². The van der Waals surface area contributed by atoms with Crippen LogP contribution in [0, 0.1) is 5.92 Å². The number of esters is 2. The van der Waals surface area contributed by atoms with Crippen molar-refractivity contribution in [2.45, 2.75) is 46.0 Å². The minimum absolute atomic E-state index is 0.180. The molecule has 26 heavy (non-hydrogen) atoms. The second-order valence-corrected chi connectivity index (χ2v) is 7.61. The van der Waals surface area contributed by atoms with Crippen molar-refractivity contribution in [2.75, 3.05) is 26.1 Å². The molecule has 1 aromatic rings. The van der Waals surface area contributed by atoms with Gasteiger partial charge in [-0.05, 0) is 48.3 Å². The number of hydrogen-bond acceptors (Lipinski definition) is 6. The number of anilines is 1. The number of thiophene rings is 1. The minimum Gasteiger partial charge on any atom is -0.469 e. The van der Waals surface area contributed by atoms with Gasteiger partial charge in [-0.25, -0.2) is 4.79 Å². The number of thiocarbonyl (C=S) groups is 1. The van der Waals surface area contributed by atoms with Gasteiger partial charge in [-0.15, -0.1) is 11.3 Å². The van der Waals surface area contributed by atoms with Gasteiger partial charge in [0.15, 0.2) is 5.11 Å². The van der Waals surface area contributed by atoms with Crippen LogP contribution >= 0.6 is 23.6 Å². The summed E-state index contributed by atoms with van der Waals surface area (Å²) in [7, 11) is 2.78. The number of carbonyl (C=O) groups is 2. The molecule has 146 valence electrons. The van der Waals surface area contributed by atoms with Gasteiger partial charge >= 0.3 is 11.9 Å². The van der Waals surface area contributed by atoms with Crippen molar-refractivity contribution in [1.82, 2.24) is 5.32 Å². The Labute approximate surface area is 164 Å². The zero-order chi connectivity index (χ0) is 19.5. The maximum absolute atomic E-state index is 12.1. The number of rotatable bonds is 10. The first kappa shape index (κ1) is 22.4. The van der Waals surface area contributed by atoms with Gasteiger partial charge < -0.3 is 20.1 Å². The SMILES string of the molecule is COC(=O)CCCCCNC(=S)Nc1scc(CC(C)C)c1C(=O)OC. The maximum atomic E-state index is 12.1. The van der Waals surface area contributed by atoms with E-state index in [-0.39, 0.29) is 11.9 Å². The van der Waals surface area contributed by atoms with E-state index in [0.717, 1.165) is 31.2 Å². The highest BCUT2D eigenvalue weighted by Crippen LogP contribution is 2.30. The molecule has 0 saturated carbocycles. The van der Waals surface area contributed by atoms with Crippen molar-refractivity contribution in [2.24, 2.45) is 5.92 Å². The minimum atomic E-state index is -0.352. The zero-order valence-corrected chi connectivity index (χ0v) is 17.5. The molecule has 0 fully saturated rings. The predicted octanol–water partition coefficient (Wildman–Crippen LogP) is 3.75. The molecule has 1 heterocycles. The normalized spacial score (nSPS) is 10.5. The molecule has 0 aliphatic rings. The number of nitrogens with one attached hydrogen (secondary N) is 2. The zero-order valence-electron chi connectivity index (χ0n) is 15.8. The molecule has 1 rings (SSSR count). The van der Waals surface area contributed by atoms with Crippen molar-refractivity contribution < 1.29 is 19.1 Å². The van der Waals surface area contributed by atoms with Crippen molar-refractivity contribution in [3.05, 3.63) is 16.5 Å². The standard InChI is InChI=1S/C18H28N2O4S2/c1-12(2)10-13-11-26-16(15(13)17(22)24-4)20-18(25)19-9-7-5-6-8-14(21)23-3/h11-12H,5-10H2,1-4H3,(H2,19,20,25). The molecule has 0 bridgehead atoms. The molecule has 0 atom stereocenters. The molecule has 0 aliphatic carbocycles. The van der Waals surface area contributed by atoms with Crippen LogP contribution < -0.4 is 10.6 Å². The summed E-state index contributed by atoms with van der Waals surface area (Å²) in [5.74, 6) is -0.0914. The molecule has 0 aromatic carbocycles. The third-order valence-electron chi connectivity index (χ3n) is 3.68. The van der Waals surface area contributed by atoms with Gasteiger partial charge in [0.2, 0.25) is 0 Å². The Morgan fingerprint density at radius 3 is 2.54 bits per heavy atom. The fourth-order valence-electron chi connectivity index (χ4n) is 2.42. The third-order valence-corrected chi connectivity index (χ3v) is 4.87. The van der Waals surface area contributed by atoms with Crippen LogP contribution in [0.25, 0.3) is 0 Å². The molecule has 0 saturated heterocycles. The lowest BCUT2D eigenvalue weighted by atomic mass is 10.0. The Kier molecular flexibility index (Phi) is 10.2. The molecular weight excluding hydrogens is 372 g/mol. The monoisotopic (exact) mass is 400 g/mol. The molecule has 0 unspecified atom stereocenters. The highest BCUT2D eigenvalue weighted by atomic mass is 32.1. The Hall–Kier alpha value is -1.67. The third kappa shape index (κ3) is 7.70. The number of hydrogen-bond donors (Lipinski definition) is 2. The van der Waals surface area contributed by atoms with E-state index in [1.807, 2.05) is 5.38 Å².